The third-order valence-corrected chi connectivity index (χ3v) is 0.440. The molecule has 0 spiro atoms. The second-order valence-electron chi connectivity index (χ2n) is 0.895. The molecule has 1 fully saturated rings. The van der Waals surface area contributed by atoms with Crippen molar-refractivity contribution in [3.63, 3.8) is 0 Å². The zero-order valence-corrected chi connectivity index (χ0v) is 2.60. The molecule has 0 bridgehead atoms. The van der Waals surface area contributed by atoms with Crippen LogP contribution in [-0.4, -0.2) is 12.4 Å². The lowest BCUT2D eigenvalue weighted by molar-refractivity contribution is -0.132. The molecule has 0 aromatic carbocycles. The molecule has 0 aliphatic carbocycles. The van der Waals surface area contributed by atoms with Crippen LogP contribution in [0.3, 0.4) is 0 Å². The Hall–Kier alpha value is -0.370. The molecule has 1 aliphatic heterocycles. The highest BCUT2D eigenvalue weighted by atomic mass is 16.5. The fourth-order valence-corrected chi connectivity index (χ4v) is 0.151. The predicted molar refractivity (Wildman–Crippen MR) is 15.3 cm³/mol. The second kappa shape index (κ2) is 0.792. The smallest absolute Gasteiger partial charge is 0.190 e. The van der Waals surface area contributed by atoms with E-state index in [0.717, 1.165) is 0 Å². The minimum absolute atomic E-state index is 0.0880. The lowest BCUT2D eigenvalue weighted by Crippen LogP contribution is -2.20. The number of hydrogen-bond acceptors (Lipinski definition) is 2. The van der Waals surface area contributed by atoms with Gasteiger partial charge in [0, 0.05) is 0 Å². The molecule has 0 unspecified atom stereocenters. The van der Waals surface area contributed by atoms with Gasteiger partial charge in [-0.05, 0) is 0 Å². The Morgan fingerprint density at radius 2 is 2.40 bits per heavy atom. The van der Waals surface area contributed by atoms with E-state index in [1.807, 2.05) is 0 Å². The molecule has 0 amide bonds. The van der Waals surface area contributed by atoms with Crippen molar-refractivity contribution < 1.29 is 9.53 Å². The largest absolute Gasteiger partial charge is 0.359 e. The molecule has 0 N–H and O–H groups in total. The van der Waals surface area contributed by atoms with Gasteiger partial charge in [0.1, 0.15) is 6.61 Å². The monoisotopic (exact) mass is 71.0 g/mol. The molecule has 0 atom stereocenters. The normalized spacial score (nSPS) is 22.0. The van der Waals surface area contributed by atoms with Gasteiger partial charge >= 0.3 is 0 Å². The van der Waals surface area contributed by atoms with Crippen LogP contribution in [0.5, 0.6) is 0 Å². The molecule has 1 aliphatic rings. The number of hydrogen-bond donors (Lipinski definition) is 0. The first-order valence-corrected chi connectivity index (χ1v) is 1.37. The van der Waals surface area contributed by atoms with Crippen LogP contribution in [0.2, 0.25) is 0 Å². The second-order valence-corrected chi connectivity index (χ2v) is 0.895. The third-order valence-electron chi connectivity index (χ3n) is 0.440. The predicted octanol–water partition coefficient (Wildman–Crippen LogP) is -0.253. The Morgan fingerprint density at radius 1 is 2.00 bits per heavy atom. The van der Waals surface area contributed by atoms with E-state index in [4.69, 9.17) is 0 Å². The summed E-state index contributed by atoms with van der Waals surface area (Å²) in [5.41, 5.74) is 0. The van der Waals surface area contributed by atoms with Crippen LogP contribution in [0.4, 0.5) is 0 Å². The van der Waals surface area contributed by atoms with Gasteiger partial charge in [0.05, 0.1) is 0 Å². The van der Waals surface area contributed by atoms with E-state index in [0.29, 0.717) is 6.61 Å². The molecule has 5 heavy (non-hydrogen) atoms. The highest BCUT2D eigenvalue weighted by Gasteiger charge is 2.11. The maximum atomic E-state index is 9.72. The summed E-state index contributed by atoms with van der Waals surface area (Å²) in [6.07, 6.45) is 0. The first-order valence-electron chi connectivity index (χ1n) is 1.37. The molecule has 0 aromatic rings. The van der Waals surface area contributed by atoms with Gasteiger partial charge in [-0.15, -0.1) is 0 Å². The van der Waals surface area contributed by atoms with Gasteiger partial charge < -0.3 is 4.74 Å². The average molecular weight is 71.1 g/mol. The summed E-state index contributed by atoms with van der Waals surface area (Å²) in [7, 11) is 0. The van der Waals surface area contributed by atoms with Crippen LogP contribution in [0.25, 0.3) is 0 Å². The van der Waals surface area contributed by atoms with Crippen molar-refractivity contribution in [2.75, 3.05) is 6.61 Å². The standard InChI is InChI=1S/C3H3O2/c4-3-1-5-2-3/h1H,2H2. The van der Waals surface area contributed by atoms with Gasteiger partial charge in [-0.2, -0.15) is 0 Å². The maximum absolute atomic E-state index is 9.72. The molecule has 0 aromatic heterocycles. The number of Topliss-reactive ketones (excluding diaryl/α,β-unsaturated/α-hetero) is 1. The van der Waals surface area contributed by atoms with Gasteiger partial charge in [-0.1, -0.05) is 0 Å². The van der Waals surface area contributed by atoms with Gasteiger partial charge in [0.25, 0.3) is 0 Å². The van der Waals surface area contributed by atoms with Crippen molar-refractivity contribution >= 4 is 5.78 Å². The summed E-state index contributed by atoms with van der Waals surface area (Å²) in [5, 5.41) is 0. The average Bonchev–Trinajstić information content (AvgIpc) is 1.30. The Morgan fingerprint density at radius 3 is 2.40 bits per heavy atom. The fraction of sp³-hybridized carbons (Fsp3) is 0.333. The number of carbonyl (C=O) groups is 1. The third kappa shape index (κ3) is 0.304. The molecule has 1 heterocycles. The van der Waals surface area contributed by atoms with E-state index in [1.165, 1.54) is 6.61 Å². The maximum Gasteiger partial charge on any atom is 0.190 e. The molecule has 0 saturated carbocycles. The molecular weight excluding hydrogens is 68.0 g/mol. The Balaban J connectivity index is 2.32. The summed E-state index contributed by atoms with van der Waals surface area (Å²) < 4.78 is 4.36. The van der Waals surface area contributed by atoms with E-state index in [9.17, 15) is 4.79 Å². The summed E-state index contributed by atoms with van der Waals surface area (Å²) in [6.45, 7) is 1.50. The fourth-order valence-electron chi connectivity index (χ4n) is 0.151. The van der Waals surface area contributed by atoms with Crippen molar-refractivity contribution in [1.29, 1.82) is 0 Å². The lowest BCUT2D eigenvalue weighted by Gasteiger charge is -2.06. The van der Waals surface area contributed by atoms with Crippen molar-refractivity contribution in [2.45, 2.75) is 0 Å². The molecule has 1 rings (SSSR count). The van der Waals surface area contributed by atoms with Crippen LogP contribution >= 0.6 is 0 Å². The zero-order valence-electron chi connectivity index (χ0n) is 2.60. The quantitative estimate of drug-likeness (QED) is 0.393. The molecule has 27 valence electrons. The summed E-state index contributed by atoms with van der Waals surface area (Å²) in [4.78, 5) is 9.72. The van der Waals surface area contributed by atoms with Gasteiger partial charge in [0.15, 0.2) is 12.4 Å². The number of ether oxygens (including phenoxy) is 1. The Kier molecular flexibility index (Phi) is 0.451. The van der Waals surface area contributed by atoms with Crippen LogP contribution in [0.15, 0.2) is 0 Å². The highest BCUT2D eigenvalue weighted by molar-refractivity contribution is 5.90. The number of ketones is 1. The van der Waals surface area contributed by atoms with Crippen molar-refractivity contribution in [2.24, 2.45) is 0 Å². The van der Waals surface area contributed by atoms with Gasteiger partial charge in [-0.25, -0.2) is 0 Å². The van der Waals surface area contributed by atoms with Crippen LogP contribution < -0.4 is 0 Å². The Bertz CT molecular complexity index is 51.9. The summed E-state index contributed by atoms with van der Waals surface area (Å²) in [6, 6.07) is 0. The highest BCUT2D eigenvalue weighted by Crippen LogP contribution is 1.95. The van der Waals surface area contributed by atoms with Crippen LogP contribution in [0.1, 0.15) is 0 Å². The SMILES string of the molecule is O=C1[CH]OC1. The molecular formula is C3H3O2. The van der Waals surface area contributed by atoms with E-state index in [1.54, 1.807) is 0 Å². The van der Waals surface area contributed by atoms with Crippen molar-refractivity contribution in [1.82, 2.24) is 0 Å². The minimum atomic E-state index is 0.0880. The van der Waals surface area contributed by atoms with Crippen molar-refractivity contribution in [3.8, 4) is 0 Å². The Labute approximate surface area is 29.7 Å². The van der Waals surface area contributed by atoms with E-state index >= 15 is 0 Å². The molecule has 1 saturated heterocycles. The van der Waals surface area contributed by atoms with E-state index < -0.39 is 0 Å². The van der Waals surface area contributed by atoms with Gasteiger partial charge in [0.2, 0.25) is 0 Å². The summed E-state index contributed by atoms with van der Waals surface area (Å²) >= 11 is 0. The molecule has 1 radical (unpaired) electrons. The lowest BCUT2D eigenvalue weighted by atomic mass is 10.4. The topological polar surface area (TPSA) is 26.3 Å². The summed E-state index contributed by atoms with van der Waals surface area (Å²) in [5.74, 6) is 0.0880. The van der Waals surface area contributed by atoms with Gasteiger partial charge in [-0.3, -0.25) is 4.79 Å². The first-order chi connectivity index (χ1) is 2.39. The zero-order chi connectivity index (χ0) is 3.70. The first kappa shape index (κ1) is 2.85. The van der Waals surface area contributed by atoms with Crippen molar-refractivity contribution in [3.05, 3.63) is 6.61 Å². The van der Waals surface area contributed by atoms with E-state index in [2.05, 4.69) is 4.74 Å². The van der Waals surface area contributed by atoms with E-state index in [-0.39, 0.29) is 5.78 Å². The minimum Gasteiger partial charge on any atom is -0.359 e. The molecule has 2 nitrogen and oxygen atoms in total. The molecule has 2 heteroatoms. The number of rotatable bonds is 0. The van der Waals surface area contributed by atoms with Crippen LogP contribution in [-0.2, 0) is 9.53 Å². The number of carbonyl (C=O) groups excluding carboxylic acids is 1. The van der Waals surface area contributed by atoms with Crippen LogP contribution in [0, 0.1) is 6.61 Å².